The first-order chi connectivity index (χ1) is 10.7. The Hall–Kier alpha value is -2.08. The van der Waals surface area contributed by atoms with Crippen LogP contribution in [0.2, 0.25) is 0 Å². The van der Waals surface area contributed by atoms with Gasteiger partial charge in [-0.1, -0.05) is 49.6 Å². The van der Waals surface area contributed by atoms with Crippen LogP contribution < -0.4 is 16.6 Å². The van der Waals surface area contributed by atoms with E-state index in [2.05, 4.69) is 10.4 Å². The highest BCUT2D eigenvalue weighted by Gasteiger charge is 2.19. The zero-order chi connectivity index (χ0) is 15.5. The second kappa shape index (κ2) is 6.36. The summed E-state index contributed by atoms with van der Waals surface area (Å²) in [5.74, 6) is 0.337. The molecule has 116 valence electrons. The lowest BCUT2D eigenvalue weighted by molar-refractivity contribution is 0.411. The highest BCUT2D eigenvalue weighted by Crippen LogP contribution is 2.20. The topological polar surface area (TPSA) is 75.8 Å². The molecule has 1 aliphatic carbocycles. The number of nitrogen functional groups attached to an aromatic ring is 1. The van der Waals surface area contributed by atoms with Crippen molar-refractivity contribution in [2.75, 3.05) is 5.73 Å². The number of rotatable bonds is 2. The maximum Gasteiger partial charge on any atom is 0.283 e. The lowest BCUT2D eigenvalue weighted by Gasteiger charge is -2.23. The Bertz CT molecular complexity index is 713. The molecule has 1 saturated carbocycles. The number of nitrogens with zero attached hydrogens (tertiary/aromatic N) is 1. The van der Waals surface area contributed by atoms with E-state index in [1.165, 1.54) is 23.9 Å². The monoisotopic (exact) mass is 316 g/mol. The van der Waals surface area contributed by atoms with Crippen LogP contribution in [0.3, 0.4) is 0 Å². The summed E-state index contributed by atoms with van der Waals surface area (Å²) in [6.45, 7) is 0. The Kier molecular flexibility index (Phi) is 4.29. The highest BCUT2D eigenvalue weighted by atomic mass is 32.1. The molecule has 0 amide bonds. The average molecular weight is 316 g/mol. The zero-order valence-corrected chi connectivity index (χ0v) is 13.2. The first-order valence-electron chi connectivity index (χ1n) is 7.63. The van der Waals surface area contributed by atoms with Crippen molar-refractivity contribution < 1.29 is 0 Å². The van der Waals surface area contributed by atoms with Gasteiger partial charge in [0.05, 0.1) is 5.56 Å². The molecule has 0 aliphatic heterocycles. The summed E-state index contributed by atoms with van der Waals surface area (Å²) in [6.07, 6.45) is 5.88. The maximum absolute atomic E-state index is 12.6. The van der Waals surface area contributed by atoms with Gasteiger partial charge in [0, 0.05) is 6.04 Å². The van der Waals surface area contributed by atoms with E-state index in [0.717, 1.165) is 18.4 Å². The molecule has 0 spiro atoms. The number of nitrogens with two attached hydrogens (primary N) is 1. The number of benzene rings is 1. The molecule has 0 atom stereocenters. The van der Waals surface area contributed by atoms with Gasteiger partial charge in [0.2, 0.25) is 0 Å². The van der Waals surface area contributed by atoms with Crippen LogP contribution in [0, 0.1) is 0 Å². The van der Waals surface area contributed by atoms with Crippen molar-refractivity contribution in [1.29, 1.82) is 0 Å². The van der Waals surface area contributed by atoms with Gasteiger partial charge in [0.15, 0.2) is 5.11 Å². The summed E-state index contributed by atoms with van der Waals surface area (Å²) in [7, 11) is 0. The Morgan fingerprint density at radius 2 is 1.91 bits per heavy atom. The fraction of sp³-hybridized carbons (Fsp3) is 0.375. The van der Waals surface area contributed by atoms with Crippen molar-refractivity contribution >= 4 is 23.1 Å². The summed E-state index contributed by atoms with van der Waals surface area (Å²) in [5.41, 5.74) is 7.03. The quantitative estimate of drug-likeness (QED) is 0.744. The Balaban J connectivity index is 1.86. The van der Waals surface area contributed by atoms with Gasteiger partial charge < -0.3 is 11.1 Å². The molecule has 1 fully saturated rings. The molecule has 0 bridgehead atoms. The lowest BCUT2D eigenvalue weighted by atomic mass is 9.96. The number of aromatic nitrogens is 2. The molecule has 1 aliphatic rings. The Morgan fingerprint density at radius 3 is 2.59 bits per heavy atom. The third-order valence-electron chi connectivity index (χ3n) is 4.12. The highest BCUT2D eigenvalue weighted by molar-refractivity contribution is 7.80. The Labute approximate surface area is 134 Å². The van der Waals surface area contributed by atoms with Crippen molar-refractivity contribution in [2.24, 2.45) is 0 Å². The van der Waals surface area contributed by atoms with Crippen molar-refractivity contribution in [2.45, 2.75) is 38.1 Å². The van der Waals surface area contributed by atoms with Gasteiger partial charge in [0.25, 0.3) is 5.56 Å². The first-order valence-corrected chi connectivity index (χ1v) is 8.04. The molecule has 5 nitrogen and oxygen atoms in total. The number of aromatic amines is 1. The van der Waals surface area contributed by atoms with E-state index in [0.29, 0.717) is 22.5 Å². The summed E-state index contributed by atoms with van der Waals surface area (Å²) < 4.78 is 1.33. The molecular weight excluding hydrogens is 296 g/mol. The van der Waals surface area contributed by atoms with Crippen LogP contribution in [0.25, 0.3) is 11.1 Å². The van der Waals surface area contributed by atoms with Gasteiger partial charge in [-0.2, -0.15) is 4.68 Å². The molecule has 2 aromatic rings. The predicted molar refractivity (Wildman–Crippen MR) is 92.9 cm³/mol. The molecule has 1 aromatic heterocycles. The van der Waals surface area contributed by atoms with E-state index in [-0.39, 0.29) is 5.56 Å². The van der Waals surface area contributed by atoms with E-state index < -0.39 is 0 Å². The van der Waals surface area contributed by atoms with Crippen LogP contribution in [0.15, 0.2) is 35.1 Å². The molecule has 0 radical (unpaired) electrons. The number of nitrogens with one attached hydrogen (secondary N) is 2. The SMILES string of the molecule is Nc1[nH]n(C(=S)NC2CCCCC2)c(=O)c1-c1ccccc1. The van der Waals surface area contributed by atoms with Crippen molar-refractivity contribution in [1.82, 2.24) is 15.1 Å². The number of hydrogen-bond donors (Lipinski definition) is 3. The van der Waals surface area contributed by atoms with Crippen LogP contribution >= 0.6 is 12.2 Å². The standard InChI is InChI=1S/C16H20N4OS/c17-14-13(11-7-3-1-4-8-11)15(21)20(19-14)16(22)18-12-9-5-2-6-10-12/h1,3-4,7-8,12,19H,2,5-6,9-10,17H2,(H,18,22). The lowest BCUT2D eigenvalue weighted by Crippen LogP contribution is -2.42. The van der Waals surface area contributed by atoms with Gasteiger partial charge in [-0.25, -0.2) is 0 Å². The molecule has 0 unspecified atom stereocenters. The fourth-order valence-electron chi connectivity index (χ4n) is 2.97. The molecule has 4 N–H and O–H groups in total. The molecule has 3 rings (SSSR count). The van der Waals surface area contributed by atoms with Gasteiger partial charge in [-0.3, -0.25) is 9.89 Å². The molecule has 22 heavy (non-hydrogen) atoms. The van der Waals surface area contributed by atoms with Gasteiger partial charge in [-0.15, -0.1) is 0 Å². The molecular formula is C16H20N4OS. The van der Waals surface area contributed by atoms with Crippen molar-refractivity contribution in [3.63, 3.8) is 0 Å². The van der Waals surface area contributed by atoms with E-state index in [1.807, 2.05) is 30.3 Å². The molecule has 1 aromatic carbocycles. The fourth-order valence-corrected chi connectivity index (χ4v) is 3.26. The van der Waals surface area contributed by atoms with E-state index in [4.69, 9.17) is 18.0 Å². The van der Waals surface area contributed by atoms with E-state index in [1.54, 1.807) is 0 Å². The van der Waals surface area contributed by atoms with E-state index in [9.17, 15) is 4.79 Å². The zero-order valence-electron chi connectivity index (χ0n) is 12.3. The third kappa shape index (κ3) is 2.92. The smallest absolute Gasteiger partial charge is 0.283 e. The van der Waals surface area contributed by atoms with Gasteiger partial charge in [0.1, 0.15) is 5.82 Å². The number of thiocarbonyl (C=S) groups is 1. The number of H-pyrrole nitrogens is 1. The third-order valence-corrected chi connectivity index (χ3v) is 4.42. The van der Waals surface area contributed by atoms with Crippen LogP contribution in [-0.2, 0) is 0 Å². The minimum Gasteiger partial charge on any atom is -0.383 e. The molecule has 6 heteroatoms. The minimum atomic E-state index is -0.211. The first kappa shape index (κ1) is 14.8. The summed E-state index contributed by atoms with van der Waals surface area (Å²) >= 11 is 5.38. The molecule has 0 saturated heterocycles. The van der Waals surface area contributed by atoms with Gasteiger partial charge >= 0.3 is 0 Å². The second-order valence-corrected chi connectivity index (χ2v) is 6.08. The largest absolute Gasteiger partial charge is 0.383 e. The number of anilines is 1. The summed E-state index contributed by atoms with van der Waals surface area (Å²) in [4.78, 5) is 12.6. The van der Waals surface area contributed by atoms with Crippen LogP contribution in [0.5, 0.6) is 0 Å². The van der Waals surface area contributed by atoms with Crippen molar-refractivity contribution in [3.8, 4) is 11.1 Å². The summed E-state index contributed by atoms with van der Waals surface area (Å²) in [6, 6.07) is 9.73. The molecule has 1 heterocycles. The van der Waals surface area contributed by atoms with Crippen LogP contribution in [-0.4, -0.2) is 20.9 Å². The maximum atomic E-state index is 12.6. The normalized spacial score (nSPS) is 15.6. The average Bonchev–Trinajstić information content (AvgIpc) is 2.84. The number of hydrogen-bond acceptors (Lipinski definition) is 3. The van der Waals surface area contributed by atoms with Gasteiger partial charge in [-0.05, 0) is 30.6 Å². The predicted octanol–water partition coefficient (Wildman–Crippen LogP) is 2.48. The van der Waals surface area contributed by atoms with Crippen LogP contribution in [0.1, 0.15) is 32.1 Å². The Morgan fingerprint density at radius 1 is 1.23 bits per heavy atom. The summed E-state index contributed by atoms with van der Waals surface area (Å²) in [5, 5.41) is 6.55. The second-order valence-electron chi connectivity index (χ2n) is 5.69. The van der Waals surface area contributed by atoms with Crippen molar-refractivity contribution in [3.05, 3.63) is 40.7 Å². The van der Waals surface area contributed by atoms with Crippen LogP contribution in [0.4, 0.5) is 5.82 Å². The minimum absolute atomic E-state index is 0.211. The van der Waals surface area contributed by atoms with E-state index >= 15 is 0 Å².